The Kier molecular flexibility index (Phi) is 2.74. The molecular weight excluding hydrogens is 190 g/mol. The molecule has 0 aliphatic heterocycles. The minimum Gasteiger partial charge on any atom is -0.450 e. The number of oxazole rings is 1. The van der Waals surface area contributed by atoms with Gasteiger partial charge in [-0.15, -0.1) is 11.6 Å². The second-order valence-corrected chi connectivity index (χ2v) is 3.59. The predicted octanol–water partition coefficient (Wildman–Crippen LogP) is 2.59. The molecule has 0 atom stereocenters. The van der Waals surface area contributed by atoms with Crippen molar-refractivity contribution in [3.63, 3.8) is 0 Å². The molecule has 1 aliphatic carbocycles. The van der Waals surface area contributed by atoms with Crippen LogP contribution in [0.5, 0.6) is 6.08 Å². The van der Waals surface area contributed by atoms with Crippen molar-refractivity contribution in [2.24, 2.45) is 5.92 Å². The fourth-order valence-corrected chi connectivity index (χ4v) is 1.26. The van der Waals surface area contributed by atoms with E-state index in [0.717, 1.165) is 18.0 Å². The standard InChI is InChI=1S/C9H12ClNO2/c10-5-8-6-13-9(11-8)12-4-3-7-1-2-7/h6-7H,1-5H2. The highest BCUT2D eigenvalue weighted by Crippen LogP contribution is 2.32. The van der Waals surface area contributed by atoms with Gasteiger partial charge in [0, 0.05) is 0 Å². The molecule has 1 saturated carbocycles. The monoisotopic (exact) mass is 201 g/mol. The van der Waals surface area contributed by atoms with Gasteiger partial charge in [0.2, 0.25) is 0 Å². The summed E-state index contributed by atoms with van der Waals surface area (Å²) in [5, 5.41) is 0. The number of aromatic nitrogens is 1. The molecule has 2 rings (SSSR count). The number of rotatable bonds is 5. The Hall–Kier alpha value is -0.700. The lowest BCUT2D eigenvalue weighted by molar-refractivity contribution is 0.222. The highest BCUT2D eigenvalue weighted by atomic mass is 35.5. The van der Waals surface area contributed by atoms with Gasteiger partial charge in [-0.25, -0.2) is 0 Å². The number of nitrogens with zero attached hydrogens (tertiary/aromatic N) is 1. The number of hydrogen-bond acceptors (Lipinski definition) is 3. The van der Waals surface area contributed by atoms with Crippen LogP contribution in [0.1, 0.15) is 25.0 Å². The molecule has 1 heterocycles. The van der Waals surface area contributed by atoms with E-state index in [1.165, 1.54) is 19.1 Å². The first kappa shape index (κ1) is 8.88. The van der Waals surface area contributed by atoms with Crippen LogP contribution in [-0.2, 0) is 5.88 Å². The van der Waals surface area contributed by atoms with Crippen molar-refractivity contribution in [1.82, 2.24) is 4.98 Å². The van der Waals surface area contributed by atoms with Crippen molar-refractivity contribution in [3.05, 3.63) is 12.0 Å². The molecule has 3 nitrogen and oxygen atoms in total. The molecular formula is C9H12ClNO2. The van der Waals surface area contributed by atoms with Gasteiger partial charge in [0.1, 0.15) is 6.26 Å². The lowest BCUT2D eigenvalue weighted by Crippen LogP contribution is -1.98. The lowest BCUT2D eigenvalue weighted by atomic mass is 10.3. The van der Waals surface area contributed by atoms with Gasteiger partial charge in [0.25, 0.3) is 0 Å². The van der Waals surface area contributed by atoms with E-state index < -0.39 is 0 Å². The Morgan fingerprint density at radius 1 is 1.62 bits per heavy atom. The maximum absolute atomic E-state index is 5.56. The zero-order chi connectivity index (χ0) is 9.10. The molecule has 1 fully saturated rings. The zero-order valence-corrected chi connectivity index (χ0v) is 8.09. The van der Waals surface area contributed by atoms with Crippen molar-refractivity contribution in [2.75, 3.05) is 6.61 Å². The van der Waals surface area contributed by atoms with Gasteiger partial charge in [-0.3, -0.25) is 0 Å². The van der Waals surface area contributed by atoms with E-state index in [1.54, 1.807) is 0 Å². The molecule has 0 spiro atoms. The quantitative estimate of drug-likeness (QED) is 0.687. The number of ether oxygens (including phenoxy) is 1. The van der Waals surface area contributed by atoms with Crippen LogP contribution in [0.4, 0.5) is 0 Å². The second kappa shape index (κ2) is 4.01. The van der Waals surface area contributed by atoms with Crippen LogP contribution in [0.25, 0.3) is 0 Å². The molecule has 13 heavy (non-hydrogen) atoms. The molecule has 0 saturated heterocycles. The number of halogens is 1. The predicted molar refractivity (Wildman–Crippen MR) is 48.9 cm³/mol. The van der Waals surface area contributed by atoms with Crippen LogP contribution in [0.15, 0.2) is 10.7 Å². The van der Waals surface area contributed by atoms with Crippen LogP contribution in [-0.4, -0.2) is 11.6 Å². The molecule has 1 aromatic heterocycles. The van der Waals surface area contributed by atoms with Crippen molar-refractivity contribution < 1.29 is 9.15 Å². The maximum Gasteiger partial charge on any atom is 0.393 e. The zero-order valence-electron chi connectivity index (χ0n) is 7.33. The molecule has 0 N–H and O–H groups in total. The molecule has 0 amide bonds. The largest absolute Gasteiger partial charge is 0.450 e. The number of alkyl halides is 1. The van der Waals surface area contributed by atoms with Gasteiger partial charge >= 0.3 is 6.08 Å². The third kappa shape index (κ3) is 2.62. The molecule has 0 bridgehead atoms. The normalized spacial score (nSPS) is 16.1. The molecule has 4 heteroatoms. The minimum atomic E-state index is 0.344. The second-order valence-electron chi connectivity index (χ2n) is 3.32. The SMILES string of the molecule is ClCc1coc(OCCC2CC2)n1. The maximum atomic E-state index is 5.56. The molecule has 0 radical (unpaired) electrons. The van der Waals surface area contributed by atoms with Gasteiger partial charge in [0.15, 0.2) is 0 Å². The summed E-state index contributed by atoms with van der Waals surface area (Å²) >= 11 is 5.56. The van der Waals surface area contributed by atoms with Crippen molar-refractivity contribution in [2.45, 2.75) is 25.1 Å². The Morgan fingerprint density at radius 3 is 3.08 bits per heavy atom. The third-order valence-electron chi connectivity index (χ3n) is 2.12. The van der Waals surface area contributed by atoms with E-state index in [2.05, 4.69) is 4.98 Å². The average molecular weight is 202 g/mol. The molecule has 0 aromatic carbocycles. The Morgan fingerprint density at radius 2 is 2.46 bits per heavy atom. The Labute approximate surface area is 82.0 Å². The highest BCUT2D eigenvalue weighted by Gasteiger charge is 2.21. The van der Waals surface area contributed by atoms with Crippen molar-refractivity contribution >= 4 is 11.6 Å². The fourth-order valence-electron chi connectivity index (χ4n) is 1.14. The van der Waals surface area contributed by atoms with E-state index in [0.29, 0.717) is 18.6 Å². The van der Waals surface area contributed by atoms with Crippen LogP contribution in [0.2, 0.25) is 0 Å². The van der Waals surface area contributed by atoms with Crippen LogP contribution < -0.4 is 4.74 Å². The van der Waals surface area contributed by atoms with E-state index in [-0.39, 0.29) is 0 Å². The fraction of sp³-hybridized carbons (Fsp3) is 0.667. The smallest absolute Gasteiger partial charge is 0.393 e. The van der Waals surface area contributed by atoms with E-state index in [1.807, 2.05) is 0 Å². The van der Waals surface area contributed by atoms with Gasteiger partial charge in [-0.1, -0.05) is 12.8 Å². The van der Waals surface area contributed by atoms with E-state index in [4.69, 9.17) is 20.8 Å². The molecule has 72 valence electrons. The van der Waals surface area contributed by atoms with Gasteiger partial charge in [-0.05, 0) is 12.3 Å². The van der Waals surface area contributed by atoms with Crippen LogP contribution >= 0.6 is 11.6 Å². The minimum absolute atomic E-state index is 0.344. The van der Waals surface area contributed by atoms with Gasteiger partial charge < -0.3 is 9.15 Å². The molecule has 1 aromatic rings. The van der Waals surface area contributed by atoms with Crippen LogP contribution in [0, 0.1) is 5.92 Å². The van der Waals surface area contributed by atoms with Gasteiger partial charge in [0.05, 0.1) is 18.2 Å². The van der Waals surface area contributed by atoms with Crippen molar-refractivity contribution in [3.8, 4) is 6.08 Å². The average Bonchev–Trinajstić information content (AvgIpc) is 2.84. The topological polar surface area (TPSA) is 35.3 Å². The first-order valence-electron chi connectivity index (χ1n) is 4.51. The summed E-state index contributed by atoms with van der Waals surface area (Å²) in [6.07, 6.45) is 5.68. The summed E-state index contributed by atoms with van der Waals surface area (Å²) in [6, 6.07) is 0. The first-order chi connectivity index (χ1) is 6.38. The number of hydrogen-bond donors (Lipinski definition) is 0. The summed E-state index contributed by atoms with van der Waals surface area (Å²) < 4.78 is 10.3. The summed E-state index contributed by atoms with van der Waals surface area (Å²) in [5.74, 6) is 1.25. The highest BCUT2D eigenvalue weighted by molar-refractivity contribution is 6.16. The summed E-state index contributed by atoms with van der Waals surface area (Å²) in [5.41, 5.74) is 0.725. The van der Waals surface area contributed by atoms with Crippen LogP contribution in [0.3, 0.4) is 0 Å². The van der Waals surface area contributed by atoms with Gasteiger partial charge in [-0.2, -0.15) is 4.98 Å². The molecule has 1 aliphatic rings. The third-order valence-corrected chi connectivity index (χ3v) is 2.39. The first-order valence-corrected chi connectivity index (χ1v) is 5.05. The lowest BCUT2D eigenvalue weighted by Gasteiger charge is -1.98. The van der Waals surface area contributed by atoms with E-state index in [9.17, 15) is 0 Å². The van der Waals surface area contributed by atoms with E-state index >= 15 is 0 Å². The molecule has 0 unspecified atom stereocenters. The van der Waals surface area contributed by atoms with Crippen molar-refractivity contribution in [1.29, 1.82) is 0 Å². The Bertz CT molecular complexity index is 270. The summed E-state index contributed by atoms with van der Waals surface area (Å²) in [6.45, 7) is 0.701. The Balaban J connectivity index is 1.72. The summed E-state index contributed by atoms with van der Waals surface area (Å²) in [7, 11) is 0. The summed E-state index contributed by atoms with van der Waals surface area (Å²) in [4.78, 5) is 4.03.